The molecular formula is C23H29FN2O5S. The predicted molar refractivity (Wildman–Crippen MR) is 119 cm³/mol. The highest BCUT2D eigenvalue weighted by Gasteiger charge is 2.30. The van der Waals surface area contributed by atoms with E-state index in [0.29, 0.717) is 29.6 Å². The molecule has 0 aliphatic carbocycles. The van der Waals surface area contributed by atoms with Crippen LogP contribution in [-0.4, -0.2) is 63.4 Å². The van der Waals surface area contributed by atoms with E-state index < -0.39 is 15.8 Å². The second kappa shape index (κ2) is 10.3. The van der Waals surface area contributed by atoms with Crippen molar-refractivity contribution in [1.29, 1.82) is 0 Å². The van der Waals surface area contributed by atoms with Crippen molar-refractivity contribution < 1.29 is 27.1 Å². The Balaban J connectivity index is 1.64. The molecule has 2 aromatic rings. The van der Waals surface area contributed by atoms with Gasteiger partial charge in [0.2, 0.25) is 10.0 Å². The van der Waals surface area contributed by atoms with Crippen LogP contribution in [0.5, 0.6) is 11.5 Å². The van der Waals surface area contributed by atoms with E-state index in [1.807, 2.05) is 0 Å². The third kappa shape index (κ3) is 5.58. The van der Waals surface area contributed by atoms with Crippen molar-refractivity contribution in [1.82, 2.24) is 9.21 Å². The van der Waals surface area contributed by atoms with Crippen molar-refractivity contribution in [3.8, 4) is 11.5 Å². The molecule has 0 atom stereocenters. The standard InChI is InChI=1S/C23H29FN2O5S/c1-17(2)10-15-31-21-9-4-18(16-22(21)30-3)23(27)25-11-13-26(14-12-25)32(28,29)20-7-5-19(24)6-8-20/h4-9,16-17H,10-15H2,1-3H3. The minimum Gasteiger partial charge on any atom is -0.493 e. The Hall–Kier alpha value is -2.65. The summed E-state index contributed by atoms with van der Waals surface area (Å²) in [5, 5.41) is 0. The van der Waals surface area contributed by atoms with Crippen LogP contribution in [-0.2, 0) is 10.0 Å². The number of ether oxygens (including phenoxy) is 2. The molecule has 174 valence electrons. The average Bonchev–Trinajstić information content (AvgIpc) is 2.79. The van der Waals surface area contributed by atoms with Gasteiger partial charge in [0.25, 0.3) is 5.91 Å². The Morgan fingerprint density at radius 1 is 1.03 bits per heavy atom. The molecule has 32 heavy (non-hydrogen) atoms. The molecular weight excluding hydrogens is 435 g/mol. The van der Waals surface area contributed by atoms with Gasteiger partial charge in [-0.2, -0.15) is 4.31 Å². The van der Waals surface area contributed by atoms with Gasteiger partial charge in [-0.15, -0.1) is 0 Å². The van der Waals surface area contributed by atoms with Crippen LogP contribution < -0.4 is 9.47 Å². The Bertz CT molecular complexity index is 1030. The number of methoxy groups -OCH3 is 1. The maximum absolute atomic E-state index is 13.1. The molecule has 1 heterocycles. The molecule has 1 aliphatic heterocycles. The molecule has 0 unspecified atom stereocenters. The fourth-order valence-corrected chi connectivity index (χ4v) is 4.82. The molecule has 0 saturated carbocycles. The van der Waals surface area contributed by atoms with Gasteiger partial charge in [-0.25, -0.2) is 12.8 Å². The lowest BCUT2D eigenvalue weighted by Crippen LogP contribution is -2.50. The first-order valence-corrected chi connectivity index (χ1v) is 12.0. The SMILES string of the molecule is COc1cc(C(=O)N2CCN(S(=O)(=O)c3ccc(F)cc3)CC2)ccc1OCCC(C)C. The topological polar surface area (TPSA) is 76.2 Å². The van der Waals surface area contributed by atoms with Gasteiger partial charge in [-0.05, 0) is 54.8 Å². The largest absolute Gasteiger partial charge is 0.493 e. The normalized spacial score (nSPS) is 15.1. The second-order valence-corrected chi connectivity index (χ2v) is 9.98. The maximum atomic E-state index is 13.1. The van der Waals surface area contributed by atoms with Crippen LogP contribution in [0.3, 0.4) is 0 Å². The number of piperazine rings is 1. The lowest BCUT2D eigenvalue weighted by Gasteiger charge is -2.34. The molecule has 2 aromatic carbocycles. The van der Waals surface area contributed by atoms with Crippen LogP contribution in [0.25, 0.3) is 0 Å². The van der Waals surface area contributed by atoms with Gasteiger partial charge in [0.15, 0.2) is 11.5 Å². The number of hydrogen-bond donors (Lipinski definition) is 0. The smallest absolute Gasteiger partial charge is 0.254 e. The first-order valence-electron chi connectivity index (χ1n) is 10.6. The zero-order valence-electron chi connectivity index (χ0n) is 18.6. The van der Waals surface area contributed by atoms with Gasteiger partial charge < -0.3 is 14.4 Å². The monoisotopic (exact) mass is 464 g/mol. The van der Waals surface area contributed by atoms with Crippen LogP contribution in [0.2, 0.25) is 0 Å². The van der Waals surface area contributed by atoms with E-state index in [9.17, 15) is 17.6 Å². The maximum Gasteiger partial charge on any atom is 0.254 e. The van der Waals surface area contributed by atoms with Gasteiger partial charge in [0, 0.05) is 31.7 Å². The van der Waals surface area contributed by atoms with Crippen molar-refractivity contribution >= 4 is 15.9 Å². The lowest BCUT2D eigenvalue weighted by atomic mass is 10.1. The fourth-order valence-electron chi connectivity index (χ4n) is 3.39. The number of nitrogens with zero attached hydrogens (tertiary/aromatic N) is 2. The summed E-state index contributed by atoms with van der Waals surface area (Å²) < 4.78 is 51.1. The van der Waals surface area contributed by atoms with Crippen molar-refractivity contribution in [2.45, 2.75) is 25.2 Å². The molecule has 1 saturated heterocycles. The zero-order chi connectivity index (χ0) is 23.3. The second-order valence-electron chi connectivity index (χ2n) is 8.05. The van der Waals surface area contributed by atoms with Gasteiger partial charge in [-0.3, -0.25) is 4.79 Å². The molecule has 1 aliphatic rings. The minimum atomic E-state index is -3.73. The summed E-state index contributed by atoms with van der Waals surface area (Å²) in [6.45, 7) is 5.65. The number of rotatable bonds is 8. The molecule has 0 aromatic heterocycles. The Morgan fingerprint density at radius 2 is 1.69 bits per heavy atom. The fraction of sp³-hybridized carbons (Fsp3) is 0.435. The molecule has 7 nitrogen and oxygen atoms in total. The van der Waals surface area contributed by atoms with E-state index >= 15 is 0 Å². The predicted octanol–water partition coefficient (Wildman–Crippen LogP) is 3.41. The molecule has 0 N–H and O–H groups in total. The molecule has 3 rings (SSSR count). The third-order valence-electron chi connectivity index (χ3n) is 5.34. The number of amides is 1. The number of sulfonamides is 1. The number of carbonyl (C=O) groups is 1. The summed E-state index contributed by atoms with van der Waals surface area (Å²) in [5.41, 5.74) is 0.452. The van der Waals surface area contributed by atoms with E-state index in [2.05, 4.69) is 13.8 Å². The highest BCUT2D eigenvalue weighted by molar-refractivity contribution is 7.89. The van der Waals surface area contributed by atoms with Crippen LogP contribution in [0.15, 0.2) is 47.4 Å². The Labute approximate surface area is 188 Å². The Morgan fingerprint density at radius 3 is 2.28 bits per heavy atom. The van der Waals surface area contributed by atoms with Gasteiger partial charge in [0.1, 0.15) is 5.82 Å². The molecule has 0 spiro atoms. The molecule has 0 bridgehead atoms. The minimum absolute atomic E-state index is 0.0384. The highest BCUT2D eigenvalue weighted by atomic mass is 32.2. The lowest BCUT2D eigenvalue weighted by molar-refractivity contribution is 0.0697. The van der Waals surface area contributed by atoms with Crippen molar-refractivity contribution in [2.75, 3.05) is 39.9 Å². The van der Waals surface area contributed by atoms with E-state index in [1.165, 1.54) is 23.5 Å². The van der Waals surface area contributed by atoms with E-state index in [1.54, 1.807) is 23.1 Å². The summed E-state index contributed by atoms with van der Waals surface area (Å²) in [5.74, 6) is 0.895. The van der Waals surface area contributed by atoms with Crippen LogP contribution in [0.4, 0.5) is 4.39 Å². The summed E-state index contributed by atoms with van der Waals surface area (Å²) >= 11 is 0. The number of halogens is 1. The van der Waals surface area contributed by atoms with Crippen molar-refractivity contribution in [3.05, 3.63) is 53.8 Å². The van der Waals surface area contributed by atoms with E-state index in [4.69, 9.17) is 9.47 Å². The average molecular weight is 465 g/mol. The number of benzene rings is 2. The van der Waals surface area contributed by atoms with Crippen molar-refractivity contribution in [2.24, 2.45) is 5.92 Å². The summed E-state index contributed by atoms with van der Waals surface area (Å²) in [6, 6.07) is 9.80. The molecule has 1 amide bonds. The van der Waals surface area contributed by atoms with Gasteiger partial charge >= 0.3 is 0 Å². The first kappa shape index (κ1) is 24.0. The van der Waals surface area contributed by atoms with Crippen LogP contribution in [0, 0.1) is 11.7 Å². The Kier molecular flexibility index (Phi) is 7.73. The first-order chi connectivity index (χ1) is 15.2. The van der Waals surface area contributed by atoms with Gasteiger partial charge in [-0.1, -0.05) is 13.8 Å². The third-order valence-corrected chi connectivity index (χ3v) is 7.25. The van der Waals surface area contributed by atoms with Gasteiger partial charge in [0.05, 0.1) is 18.6 Å². The molecule has 1 fully saturated rings. The molecule has 0 radical (unpaired) electrons. The zero-order valence-corrected chi connectivity index (χ0v) is 19.4. The summed E-state index contributed by atoms with van der Waals surface area (Å²) in [7, 11) is -2.21. The number of hydrogen-bond acceptors (Lipinski definition) is 5. The van der Waals surface area contributed by atoms with Crippen LogP contribution >= 0.6 is 0 Å². The van der Waals surface area contributed by atoms with Crippen molar-refractivity contribution in [3.63, 3.8) is 0 Å². The highest BCUT2D eigenvalue weighted by Crippen LogP contribution is 2.29. The quantitative estimate of drug-likeness (QED) is 0.599. The molecule has 9 heteroatoms. The van der Waals surface area contributed by atoms with Crippen LogP contribution in [0.1, 0.15) is 30.6 Å². The number of carbonyl (C=O) groups excluding carboxylic acids is 1. The van der Waals surface area contributed by atoms with E-state index in [0.717, 1.165) is 18.6 Å². The summed E-state index contributed by atoms with van der Waals surface area (Å²) in [6.07, 6.45) is 0.912. The summed E-state index contributed by atoms with van der Waals surface area (Å²) in [4.78, 5) is 14.6. The van der Waals surface area contributed by atoms with E-state index in [-0.39, 0.29) is 37.0 Å².